The number of nitrogens with zero attached hydrogens (tertiary/aromatic N) is 3. The molecule has 0 aliphatic heterocycles. The molecule has 116 valence electrons. The lowest BCUT2D eigenvalue weighted by atomic mass is 10.2. The van der Waals surface area contributed by atoms with Crippen molar-refractivity contribution in [2.75, 3.05) is 6.26 Å². The van der Waals surface area contributed by atoms with Crippen LogP contribution in [0.2, 0.25) is 0 Å². The smallest absolute Gasteiger partial charge is 0.277 e. The molecule has 4 aromatic rings. The number of sulfone groups is 1. The van der Waals surface area contributed by atoms with Gasteiger partial charge in [0.2, 0.25) is 0 Å². The number of benzene rings is 1. The summed E-state index contributed by atoms with van der Waals surface area (Å²) in [5.74, 6) is 0. The summed E-state index contributed by atoms with van der Waals surface area (Å²) >= 11 is 0. The van der Waals surface area contributed by atoms with Crippen LogP contribution in [0.5, 0.6) is 0 Å². The van der Waals surface area contributed by atoms with Crippen molar-refractivity contribution in [2.45, 2.75) is 4.90 Å². The van der Waals surface area contributed by atoms with E-state index in [-0.39, 0.29) is 10.3 Å². The van der Waals surface area contributed by atoms with Gasteiger partial charge < -0.3 is 4.40 Å². The predicted molar refractivity (Wildman–Crippen MR) is 88.6 cm³/mol. The lowest BCUT2D eigenvalue weighted by Crippen LogP contribution is -2.20. The summed E-state index contributed by atoms with van der Waals surface area (Å²) in [6, 6.07) is 11.2. The Bertz CT molecular complexity index is 1270. The maximum atomic E-state index is 12.5. The molecule has 0 saturated heterocycles. The molecule has 23 heavy (non-hydrogen) atoms. The minimum absolute atomic E-state index is 0.0567. The Hall–Kier alpha value is -2.67. The third-order valence-electron chi connectivity index (χ3n) is 4.03. The third kappa shape index (κ3) is 1.83. The first-order valence-electron chi connectivity index (χ1n) is 6.98. The van der Waals surface area contributed by atoms with Crippen molar-refractivity contribution >= 4 is 37.2 Å². The predicted octanol–water partition coefficient (Wildman–Crippen LogP) is 1.74. The largest absolute Gasteiger partial charge is 0.306 e. The van der Waals surface area contributed by atoms with Crippen LogP contribution < -0.4 is 5.56 Å². The van der Waals surface area contributed by atoms with Gasteiger partial charge in [0.1, 0.15) is 4.90 Å². The van der Waals surface area contributed by atoms with E-state index in [1.54, 1.807) is 10.5 Å². The van der Waals surface area contributed by atoms with Crippen molar-refractivity contribution in [3.05, 3.63) is 52.9 Å². The molecule has 1 aromatic carbocycles. The second-order valence-electron chi connectivity index (χ2n) is 5.55. The van der Waals surface area contributed by atoms with Gasteiger partial charge in [-0.2, -0.15) is 5.10 Å². The molecule has 3 aromatic heterocycles. The molecule has 0 saturated carbocycles. The van der Waals surface area contributed by atoms with Crippen LogP contribution in [-0.4, -0.2) is 28.9 Å². The highest BCUT2D eigenvalue weighted by molar-refractivity contribution is 7.91. The van der Waals surface area contributed by atoms with E-state index in [1.807, 2.05) is 30.3 Å². The fraction of sp³-hybridized carbons (Fsp3) is 0.125. The molecule has 0 N–H and O–H groups in total. The fourth-order valence-corrected chi connectivity index (χ4v) is 4.16. The summed E-state index contributed by atoms with van der Waals surface area (Å²) in [5, 5.41) is 5.19. The summed E-state index contributed by atoms with van der Waals surface area (Å²) < 4.78 is 27.6. The summed E-state index contributed by atoms with van der Waals surface area (Å²) in [6.07, 6.45) is 2.65. The van der Waals surface area contributed by atoms with Gasteiger partial charge >= 0.3 is 0 Å². The zero-order valence-corrected chi connectivity index (χ0v) is 13.3. The van der Waals surface area contributed by atoms with Crippen LogP contribution in [-0.2, 0) is 16.9 Å². The van der Waals surface area contributed by atoms with Gasteiger partial charge in [-0.1, -0.05) is 24.3 Å². The number of para-hydroxylation sites is 1. The van der Waals surface area contributed by atoms with E-state index in [1.165, 1.54) is 13.2 Å². The van der Waals surface area contributed by atoms with Crippen LogP contribution in [0.4, 0.5) is 0 Å². The monoisotopic (exact) mass is 327 g/mol. The van der Waals surface area contributed by atoms with Crippen LogP contribution in [0.3, 0.4) is 0 Å². The minimum atomic E-state index is -3.58. The van der Waals surface area contributed by atoms with E-state index in [9.17, 15) is 13.2 Å². The summed E-state index contributed by atoms with van der Waals surface area (Å²) in [7, 11) is -2.07. The average molecular weight is 327 g/mol. The van der Waals surface area contributed by atoms with Gasteiger partial charge in [-0.15, -0.1) is 0 Å². The Morgan fingerprint density at radius 2 is 1.74 bits per heavy atom. The SMILES string of the molecule is Cn1ncc2c(c(S(C)(=O)=O)c3ccc4ccccc4n32)c1=O. The Balaban J connectivity index is 2.47. The van der Waals surface area contributed by atoms with Gasteiger partial charge in [0.05, 0.1) is 28.1 Å². The molecule has 0 fully saturated rings. The zero-order chi connectivity index (χ0) is 16.4. The summed E-state index contributed by atoms with van der Waals surface area (Å²) in [6.45, 7) is 0. The highest BCUT2D eigenvalue weighted by atomic mass is 32.2. The molecule has 7 heteroatoms. The number of aromatic nitrogens is 3. The lowest BCUT2D eigenvalue weighted by molar-refractivity contribution is 0.603. The van der Waals surface area contributed by atoms with Crippen molar-refractivity contribution < 1.29 is 8.42 Å². The molecule has 0 unspecified atom stereocenters. The Labute approximate surface area is 131 Å². The molecular formula is C16H13N3O3S. The van der Waals surface area contributed by atoms with Gasteiger partial charge in [-0.05, 0) is 17.5 Å². The van der Waals surface area contributed by atoms with Crippen molar-refractivity contribution in [3.8, 4) is 0 Å². The highest BCUT2D eigenvalue weighted by Crippen LogP contribution is 2.31. The van der Waals surface area contributed by atoms with Gasteiger partial charge in [0, 0.05) is 13.3 Å². The molecule has 4 rings (SSSR count). The zero-order valence-electron chi connectivity index (χ0n) is 12.5. The summed E-state index contributed by atoms with van der Waals surface area (Å²) in [5.41, 5.74) is 1.40. The molecule has 0 amide bonds. The molecular weight excluding hydrogens is 314 g/mol. The second kappa shape index (κ2) is 4.42. The van der Waals surface area contributed by atoms with Crippen molar-refractivity contribution in [2.24, 2.45) is 7.05 Å². The first kappa shape index (κ1) is 14.0. The Kier molecular flexibility index (Phi) is 2.68. The van der Waals surface area contributed by atoms with Crippen LogP contribution in [0.1, 0.15) is 0 Å². The molecule has 0 atom stereocenters. The quantitative estimate of drug-likeness (QED) is 0.534. The molecule has 0 radical (unpaired) electrons. The summed E-state index contributed by atoms with van der Waals surface area (Å²) in [4.78, 5) is 12.6. The molecule has 6 nitrogen and oxygen atoms in total. The normalized spacial score (nSPS) is 12.4. The highest BCUT2D eigenvalue weighted by Gasteiger charge is 2.24. The number of hydrogen-bond donors (Lipinski definition) is 0. The lowest BCUT2D eigenvalue weighted by Gasteiger charge is -2.04. The number of pyridine rings is 1. The Morgan fingerprint density at radius 1 is 1.00 bits per heavy atom. The number of aryl methyl sites for hydroxylation is 1. The van der Waals surface area contributed by atoms with Crippen LogP contribution in [0.25, 0.3) is 27.3 Å². The van der Waals surface area contributed by atoms with Crippen molar-refractivity contribution in [1.82, 2.24) is 14.2 Å². The van der Waals surface area contributed by atoms with E-state index in [4.69, 9.17) is 0 Å². The molecule has 0 aliphatic rings. The van der Waals surface area contributed by atoms with Crippen LogP contribution in [0, 0.1) is 0 Å². The van der Waals surface area contributed by atoms with Gasteiger partial charge in [0.25, 0.3) is 5.56 Å². The number of fused-ring (bicyclic) bond motifs is 5. The maximum Gasteiger partial charge on any atom is 0.277 e. The van der Waals surface area contributed by atoms with E-state index >= 15 is 0 Å². The van der Waals surface area contributed by atoms with Crippen LogP contribution >= 0.6 is 0 Å². The van der Waals surface area contributed by atoms with E-state index in [0.717, 1.165) is 21.8 Å². The first-order chi connectivity index (χ1) is 10.9. The molecule has 0 aliphatic carbocycles. The molecule has 0 bridgehead atoms. The first-order valence-corrected chi connectivity index (χ1v) is 8.87. The van der Waals surface area contributed by atoms with E-state index < -0.39 is 15.4 Å². The van der Waals surface area contributed by atoms with Crippen molar-refractivity contribution in [1.29, 1.82) is 0 Å². The topological polar surface area (TPSA) is 73.4 Å². The average Bonchev–Trinajstić information content (AvgIpc) is 2.86. The molecule has 0 spiro atoms. The maximum absolute atomic E-state index is 12.5. The minimum Gasteiger partial charge on any atom is -0.306 e. The van der Waals surface area contributed by atoms with E-state index in [0.29, 0.717) is 11.0 Å². The van der Waals surface area contributed by atoms with Gasteiger partial charge in [-0.25, -0.2) is 13.1 Å². The van der Waals surface area contributed by atoms with Gasteiger partial charge in [-0.3, -0.25) is 4.79 Å². The van der Waals surface area contributed by atoms with Crippen molar-refractivity contribution in [3.63, 3.8) is 0 Å². The number of rotatable bonds is 1. The second-order valence-corrected chi connectivity index (χ2v) is 7.50. The van der Waals surface area contributed by atoms with E-state index in [2.05, 4.69) is 5.10 Å². The number of hydrogen-bond acceptors (Lipinski definition) is 4. The van der Waals surface area contributed by atoms with Crippen LogP contribution in [0.15, 0.2) is 52.3 Å². The standard InChI is InChI=1S/C16H13N3O3S/c1-18-16(20)14-13(9-17-18)19-11-6-4-3-5-10(11)7-8-12(19)15(14)23(2,21)22/h3-9H,1-2H3. The van der Waals surface area contributed by atoms with Gasteiger partial charge in [0.15, 0.2) is 9.84 Å². The fourth-order valence-electron chi connectivity index (χ4n) is 3.06. The Morgan fingerprint density at radius 3 is 2.48 bits per heavy atom. The third-order valence-corrected chi connectivity index (χ3v) is 5.18. The molecule has 3 heterocycles.